The molecule has 0 bridgehead atoms. The Morgan fingerprint density at radius 3 is 2.38 bits per heavy atom. The molecule has 34 heavy (non-hydrogen) atoms. The molecule has 6 heteroatoms. The van der Waals surface area contributed by atoms with Gasteiger partial charge in [-0.2, -0.15) is 0 Å². The van der Waals surface area contributed by atoms with Crippen LogP contribution in [0.1, 0.15) is 71.4 Å². The molecule has 0 heterocycles. The van der Waals surface area contributed by atoms with Crippen LogP contribution in [0.5, 0.6) is 11.5 Å². The lowest BCUT2D eigenvalue weighted by Crippen LogP contribution is -2.24. The third-order valence-corrected chi connectivity index (χ3v) is 5.40. The minimum absolute atomic E-state index is 0.0266. The number of hydrogen-bond acceptors (Lipinski definition) is 6. The predicted molar refractivity (Wildman–Crippen MR) is 136 cm³/mol. The van der Waals surface area contributed by atoms with Crippen molar-refractivity contribution in [3.63, 3.8) is 0 Å². The number of allylic oxidation sites excluding steroid dienone is 3. The van der Waals surface area contributed by atoms with Crippen molar-refractivity contribution in [2.45, 2.75) is 78.4 Å². The predicted octanol–water partition coefficient (Wildman–Crippen LogP) is 5.08. The molecule has 0 aliphatic rings. The first-order chi connectivity index (χ1) is 15.6. The van der Waals surface area contributed by atoms with Crippen LogP contribution in [-0.2, 0) is 9.59 Å². The largest absolute Gasteiger partial charge is 0.508 e. The van der Waals surface area contributed by atoms with Crippen LogP contribution in [0, 0.1) is 12.8 Å². The Kier molecular flexibility index (Phi) is 10.9. The molecule has 1 aromatic rings. The highest BCUT2D eigenvalue weighted by Crippen LogP contribution is 2.30. The molecule has 0 saturated carbocycles. The van der Waals surface area contributed by atoms with Gasteiger partial charge in [0.25, 0.3) is 0 Å². The molecular weight excluding hydrogens is 432 g/mol. The number of aryl methyl sites for hydroxylation is 1. The average Bonchev–Trinajstić information content (AvgIpc) is 2.68. The van der Waals surface area contributed by atoms with Crippen molar-refractivity contribution in [3.05, 3.63) is 53.1 Å². The highest BCUT2D eigenvalue weighted by atomic mass is 16.5. The maximum absolute atomic E-state index is 12.5. The van der Waals surface area contributed by atoms with E-state index in [1.165, 1.54) is 31.4 Å². The zero-order valence-corrected chi connectivity index (χ0v) is 21.5. The third-order valence-electron chi connectivity index (χ3n) is 5.40. The van der Waals surface area contributed by atoms with Crippen LogP contribution in [-0.4, -0.2) is 45.2 Å². The summed E-state index contributed by atoms with van der Waals surface area (Å²) in [5.41, 5.74) is -0.117. The third kappa shape index (κ3) is 10.9. The number of rotatable bonds is 13. The van der Waals surface area contributed by atoms with Gasteiger partial charge in [-0.15, -0.1) is 0 Å². The fourth-order valence-electron chi connectivity index (χ4n) is 3.54. The second-order valence-electron chi connectivity index (χ2n) is 9.89. The van der Waals surface area contributed by atoms with Crippen LogP contribution in [0.2, 0.25) is 0 Å². The minimum atomic E-state index is -1.37. The van der Waals surface area contributed by atoms with E-state index in [-0.39, 0.29) is 29.7 Å². The molecule has 6 nitrogen and oxygen atoms in total. The normalized spacial score (nSPS) is 15.5. The Bertz CT molecular complexity index is 944. The Morgan fingerprint density at radius 1 is 1.15 bits per heavy atom. The summed E-state index contributed by atoms with van der Waals surface area (Å²) in [5.74, 6) is 0.308. The standard InChI is InChI=1S/C28H40O6/c1-19(9-8-10-20(2)25(31)12-13-27(4,5)32)15-24(30)18-28(6,33)14-11-22-17-23(29)16-21(3)26(22)34-7/h11-17,20,29,32-33H,8-10,18H2,1-7H3/b13-12+,14-11+,19-15+. The van der Waals surface area contributed by atoms with Crippen LogP contribution < -0.4 is 4.74 Å². The Hall–Kier alpha value is -2.70. The number of carbonyl (C=O) groups is 2. The molecule has 0 spiro atoms. The Labute approximate surface area is 203 Å². The van der Waals surface area contributed by atoms with E-state index in [4.69, 9.17) is 4.74 Å². The van der Waals surface area contributed by atoms with Gasteiger partial charge in [0.15, 0.2) is 11.6 Å². The molecule has 0 aromatic heterocycles. The van der Waals surface area contributed by atoms with Crippen molar-refractivity contribution < 1.29 is 29.6 Å². The molecule has 3 N–H and O–H groups in total. The van der Waals surface area contributed by atoms with Gasteiger partial charge in [0.05, 0.1) is 18.3 Å². The van der Waals surface area contributed by atoms with Gasteiger partial charge >= 0.3 is 0 Å². The zero-order valence-electron chi connectivity index (χ0n) is 21.5. The molecule has 2 unspecified atom stereocenters. The number of ether oxygens (including phenoxy) is 1. The molecule has 188 valence electrons. The van der Waals surface area contributed by atoms with E-state index in [1.54, 1.807) is 39.0 Å². The Balaban J connectivity index is 2.65. The molecule has 0 amide bonds. The van der Waals surface area contributed by atoms with Crippen LogP contribution in [0.15, 0.2) is 42.0 Å². The summed E-state index contributed by atoms with van der Waals surface area (Å²) in [4.78, 5) is 24.6. The van der Waals surface area contributed by atoms with E-state index in [9.17, 15) is 24.9 Å². The summed E-state index contributed by atoms with van der Waals surface area (Å²) in [6, 6.07) is 3.13. The first kappa shape index (κ1) is 29.3. The van der Waals surface area contributed by atoms with Gasteiger partial charge in [0.1, 0.15) is 11.5 Å². The van der Waals surface area contributed by atoms with Gasteiger partial charge in [-0.1, -0.05) is 30.7 Å². The molecule has 2 atom stereocenters. The molecule has 0 saturated heterocycles. The number of phenolic OH excluding ortho intramolecular Hbond substituents is 1. The highest BCUT2D eigenvalue weighted by Gasteiger charge is 2.21. The SMILES string of the molecule is COc1c(C)cc(O)cc1/C=C/C(C)(O)CC(=O)/C=C(\C)CCCC(C)C(=O)/C=C/C(C)(C)O. The van der Waals surface area contributed by atoms with E-state index >= 15 is 0 Å². The molecule has 1 rings (SSSR count). The van der Waals surface area contributed by atoms with Crippen LogP contribution in [0.4, 0.5) is 0 Å². The van der Waals surface area contributed by atoms with Gasteiger partial charge < -0.3 is 20.1 Å². The Morgan fingerprint density at radius 2 is 1.79 bits per heavy atom. The summed E-state index contributed by atoms with van der Waals surface area (Å²) in [7, 11) is 1.54. The maximum Gasteiger partial charge on any atom is 0.158 e. The molecule has 0 fully saturated rings. The van der Waals surface area contributed by atoms with E-state index < -0.39 is 11.2 Å². The van der Waals surface area contributed by atoms with Gasteiger partial charge in [-0.25, -0.2) is 0 Å². The summed E-state index contributed by atoms with van der Waals surface area (Å²) >= 11 is 0. The zero-order chi connectivity index (χ0) is 26.1. The maximum atomic E-state index is 12.5. The molecule has 0 aliphatic heterocycles. The van der Waals surface area contributed by atoms with E-state index in [0.717, 1.165) is 17.6 Å². The molecule has 0 aliphatic carbocycles. The van der Waals surface area contributed by atoms with Crippen molar-refractivity contribution in [1.29, 1.82) is 0 Å². The van der Waals surface area contributed by atoms with Gasteiger partial charge in [0, 0.05) is 17.9 Å². The monoisotopic (exact) mass is 472 g/mol. The summed E-state index contributed by atoms with van der Waals surface area (Å²) in [6.07, 6.45) is 9.66. The summed E-state index contributed by atoms with van der Waals surface area (Å²) < 4.78 is 5.37. The lowest BCUT2D eigenvalue weighted by molar-refractivity contribution is -0.118. The number of phenols is 1. The van der Waals surface area contributed by atoms with Crippen molar-refractivity contribution in [3.8, 4) is 11.5 Å². The topological polar surface area (TPSA) is 104 Å². The number of hydrogen-bond donors (Lipinski definition) is 3. The number of aromatic hydroxyl groups is 1. The fourth-order valence-corrected chi connectivity index (χ4v) is 3.54. The van der Waals surface area contributed by atoms with Crippen molar-refractivity contribution in [2.75, 3.05) is 7.11 Å². The number of benzene rings is 1. The molecular formula is C28H40O6. The van der Waals surface area contributed by atoms with Crippen molar-refractivity contribution >= 4 is 17.6 Å². The van der Waals surface area contributed by atoms with Gasteiger partial charge in [0.2, 0.25) is 0 Å². The lowest BCUT2D eigenvalue weighted by atomic mass is 9.94. The second-order valence-corrected chi connectivity index (χ2v) is 9.89. The van der Waals surface area contributed by atoms with E-state index in [1.807, 2.05) is 20.8 Å². The van der Waals surface area contributed by atoms with Gasteiger partial charge in [-0.3, -0.25) is 9.59 Å². The lowest BCUT2D eigenvalue weighted by Gasteiger charge is -2.18. The first-order valence-electron chi connectivity index (χ1n) is 11.6. The quantitative estimate of drug-likeness (QED) is 0.346. The molecule has 1 aromatic carbocycles. The number of ketones is 2. The van der Waals surface area contributed by atoms with E-state index in [0.29, 0.717) is 24.2 Å². The van der Waals surface area contributed by atoms with Crippen LogP contribution >= 0.6 is 0 Å². The second kappa shape index (κ2) is 12.7. The first-order valence-corrected chi connectivity index (χ1v) is 11.6. The van der Waals surface area contributed by atoms with Crippen molar-refractivity contribution in [1.82, 2.24) is 0 Å². The summed E-state index contributed by atoms with van der Waals surface area (Å²) in [6.45, 7) is 10.3. The fraction of sp³-hybridized carbons (Fsp3) is 0.500. The number of methoxy groups -OCH3 is 1. The number of carbonyl (C=O) groups excluding carboxylic acids is 2. The number of aliphatic hydroxyl groups is 2. The van der Waals surface area contributed by atoms with Crippen LogP contribution in [0.25, 0.3) is 6.08 Å². The highest BCUT2D eigenvalue weighted by molar-refractivity contribution is 5.92. The van der Waals surface area contributed by atoms with E-state index in [2.05, 4.69) is 0 Å². The smallest absolute Gasteiger partial charge is 0.158 e. The minimum Gasteiger partial charge on any atom is -0.508 e. The van der Waals surface area contributed by atoms with Crippen molar-refractivity contribution in [2.24, 2.45) is 5.92 Å². The summed E-state index contributed by atoms with van der Waals surface area (Å²) in [5, 5.41) is 30.2. The average molecular weight is 473 g/mol. The molecule has 0 radical (unpaired) electrons. The van der Waals surface area contributed by atoms with Gasteiger partial charge in [-0.05, 0) is 83.7 Å². The van der Waals surface area contributed by atoms with Crippen LogP contribution in [0.3, 0.4) is 0 Å².